The number of aldehydes is 1. The number of carbonyl (C=O) groups excluding carboxylic acids is 1. The number of rotatable bonds is 7. The molecule has 0 unspecified atom stereocenters. The van der Waals surface area contributed by atoms with E-state index in [2.05, 4.69) is 0 Å². The third kappa shape index (κ3) is 3.46. The molecule has 0 heterocycles. The van der Waals surface area contributed by atoms with Crippen LogP contribution in [-0.4, -0.2) is 27.6 Å². The van der Waals surface area contributed by atoms with Crippen LogP contribution in [0.5, 0.6) is 11.5 Å². The van der Waals surface area contributed by atoms with Gasteiger partial charge in [0.15, 0.2) is 0 Å². The van der Waals surface area contributed by atoms with Crippen molar-refractivity contribution in [3.63, 3.8) is 0 Å². The zero-order valence-corrected chi connectivity index (χ0v) is 10.5. The maximum Gasteiger partial charge on any atom is 0.126 e. The molecule has 0 amide bonds. The standard InChI is InChI=1S/C13H18O4/c1-15-9-10-7-12(16-2)11(5-4-6-14)13(8-10)17-3/h6-8H,4-5,9H2,1-3H3. The normalized spacial score (nSPS) is 10.1. The summed E-state index contributed by atoms with van der Waals surface area (Å²) in [5.41, 5.74) is 1.90. The van der Waals surface area contributed by atoms with Gasteiger partial charge in [0.2, 0.25) is 0 Å². The number of benzene rings is 1. The van der Waals surface area contributed by atoms with Crippen molar-refractivity contribution < 1.29 is 19.0 Å². The summed E-state index contributed by atoms with van der Waals surface area (Å²) in [7, 11) is 4.85. The van der Waals surface area contributed by atoms with Crippen LogP contribution in [0.4, 0.5) is 0 Å². The van der Waals surface area contributed by atoms with Gasteiger partial charge in [0.05, 0.1) is 20.8 Å². The van der Waals surface area contributed by atoms with E-state index in [1.807, 2.05) is 12.1 Å². The fourth-order valence-corrected chi connectivity index (χ4v) is 1.74. The molecule has 0 spiro atoms. The Balaban J connectivity index is 3.11. The quantitative estimate of drug-likeness (QED) is 0.681. The maximum atomic E-state index is 10.4. The van der Waals surface area contributed by atoms with Crippen LogP contribution in [0.1, 0.15) is 17.5 Å². The van der Waals surface area contributed by atoms with Crippen molar-refractivity contribution in [2.75, 3.05) is 21.3 Å². The molecule has 4 nitrogen and oxygen atoms in total. The Morgan fingerprint density at radius 1 is 1.12 bits per heavy atom. The Morgan fingerprint density at radius 3 is 2.12 bits per heavy atom. The number of ether oxygens (including phenoxy) is 3. The lowest BCUT2D eigenvalue weighted by molar-refractivity contribution is -0.107. The third-order valence-corrected chi connectivity index (χ3v) is 2.49. The highest BCUT2D eigenvalue weighted by Gasteiger charge is 2.12. The van der Waals surface area contributed by atoms with Crippen LogP contribution in [0, 0.1) is 0 Å². The summed E-state index contributed by atoms with van der Waals surface area (Å²) in [6.07, 6.45) is 1.96. The van der Waals surface area contributed by atoms with Gasteiger partial charge in [-0.15, -0.1) is 0 Å². The molecule has 4 heteroatoms. The van der Waals surface area contributed by atoms with Crippen LogP contribution in [0.25, 0.3) is 0 Å². The average Bonchev–Trinajstić information content (AvgIpc) is 2.36. The van der Waals surface area contributed by atoms with E-state index in [1.54, 1.807) is 21.3 Å². The van der Waals surface area contributed by atoms with E-state index >= 15 is 0 Å². The molecule has 0 aliphatic rings. The summed E-state index contributed by atoms with van der Waals surface area (Å²) >= 11 is 0. The molecule has 0 aliphatic carbocycles. The molecule has 0 aromatic heterocycles. The summed E-state index contributed by atoms with van der Waals surface area (Å²) in [6.45, 7) is 0.501. The largest absolute Gasteiger partial charge is 0.496 e. The molecule has 0 saturated carbocycles. The van der Waals surface area contributed by atoms with Crippen LogP contribution in [-0.2, 0) is 22.6 Å². The molecule has 94 valence electrons. The zero-order valence-electron chi connectivity index (χ0n) is 10.5. The summed E-state index contributed by atoms with van der Waals surface area (Å²) in [5, 5.41) is 0. The van der Waals surface area contributed by atoms with Crippen molar-refractivity contribution in [2.24, 2.45) is 0 Å². The van der Waals surface area contributed by atoms with E-state index in [1.165, 1.54) is 0 Å². The number of methoxy groups -OCH3 is 3. The molecule has 0 fully saturated rings. The maximum absolute atomic E-state index is 10.4. The van der Waals surface area contributed by atoms with Gasteiger partial charge in [0, 0.05) is 19.1 Å². The molecule has 0 N–H and O–H groups in total. The molecule has 0 bridgehead atoms. The van der Waals surface area contributed by atoms with E-state index in [0.717, 1.165) is 28.9 Å². The van der Waals surface area contributed by atoms with Crippen LogP contribution in [0.2, 0.25) is 0 Å². The Hall–Kier alpha value is -1.55. The number of hydrogen-bond donors (Lipinski definition) is 0. The molecule has 17 heavy (non-hydrogen) atoms. The second-order valence-electron chi connectivity index (χ2n) is 3.62. The van der Waals surface area contributed by atoms with Gasteiger partial charge in [-0.1, -0.05) is 0 Å². The molecule has 1 aromatic carbocycles. The topological polar surface area (TPSA) is 44.8 Å². The van der Waals surface area contributed by atoms with Gasteiger partial charge < -0.3 is 19.0 Å². The van der Waals surface area contributed by atoms with Crippen LogP contribution in [0.15, 0.2) is 12.1 Å². The van der Waals surface area contributed by atoms with Crippen molar-refractivity contribution in [3.05, 3.63) is 23.3 Å². The average molecular weight is 238 g/mol. The predicted octanol–water partition coefficient (Wildman–Crippen LogP) is 1.98. The van der Waals surface area contributed by atoms with Gasteiger partial charge in [0.1, 0.15) is 17.8 Å². The van der Waals surface area contributed by atoms with E-state index < -0.39 is 0 Å². The van der Waals surface area contributed by atoms with Crippen molar-refractivity contribution in [3.8, 4) is 11.5 Å². The SMILES string of the molecule is COCc1cc(OC)c(CCC=O)c(OC)c1. The van der Waals surface area contributed by atoms with Gasteiger partial charge in [-0.2, -0.15) is 0 Å². The van der Waals surface area contributed by atoms with Gasteiger partial charge in [-0.3, -0.25) is 0 Å². The lowest BCUT2D eigenvalue weighted by atomic mass is 10.0. The second-order valence-corrected chi connectivity index (χ2v) is 3.62. The van der Waals surface area contributed by atoms with Crippen LogP contribution >= 0.6 is 0 Å². The smallest absolute Gasteiger partial charge is 0.126 e. The van der Waals surface area contributed by atoms with Crippen molar-refractivity contribution in [1.82, 2.24) is 0 Å². The molecular formula is C13H18O4. The van der Waals surface area contributed by atoms with Gasteiger partial charge in [0.25, 0.3) is 0 Å². The number of carbonyl (C=O) groups is 1. The van der Waals surface area contributed by atoms with Crippen molar-refractivity contribution >= 4 is 6.29 Å². The summed E-state index contributed by atoms with van der Waals surface area (Å²) in [4.78, 5) is 10.4. The van der Waals surface area contributed by atoms with Gasteiger partial charge in [-0.05, 0) is 24.1 Å². The number of hydrogen-bond acceptors (Lipinski definition) is 4. The zero-order chi connectivity index (χ0) is 12.7. The first kappa shape index (κ1) is 13.5. The van der Waals surface area contributed by atoms with Crippen molar-refractivity contribution in [1.29, 1.82) is 0 Å². The van der Waals surface area contributed by atoms with Crippen molar-refractivity contribution in [2.45, 2.75) is 19.4 Å². The Labute approximate surface area is 101 Å². The van der Waals surface area contributed by atoms with Crippen LogP contribution in [0.3, 0.4) is 0 Å². The fraction of sp³-hybridized carbons (Fsp3) is 0.462. The first-order valence-corrected chi connectivity index (χ1v) is 5.43. The molecule has 0 saturated heterocycles. The van der Waals surface area contributed by atoms with Gasteiger partial charge in [-0.25, -0.2) is 0 Å². The highest BCUT2D eigenvalue weighted by atomic mass is 16.5. The molecule has 0 atom stereocenters. The van der Waals surface area contributed by atoms with Gasteiger partial charge >= 0.3 is 0 Å². The molecule has 1 aromatic rings. The highest BCUT2D eigenvalue weighted by molar-refractivity contribution is 5.54. The minimum atomic E-state index is 0.455. The second kappa shape index (κ2) is 6.91. The Bertz CT molecular complexity index is 349. The molecule has 0 radical (unpaired) electrons. The molecular weight excluding hydrogens is 220 g/mol. The predicted molar refractivity (Wildman–Crippen MR) is 64.6 cm³/mol. The minimum Gasteiger partial charge on any atom is -0.496 e. The van der Waals surface area contributed by atoms with E-state index in [9.17, 15) is 4.79 Å². The van der Waals surface area contributed by atoms with Crippen LogP contribution < -0.4 is 9.47 Å². The van der Waals surface area contributed by atoms with E-state index in [0.29, 0.717) is 19.4 Å². The Kier molecular flexibility index (Phi) is 5.49. The highest BCUT2D eigenvalue weighted by Crippen LogP contribution is 2.31. The first-order chi connectivity index (χ1) is 8.26. The Morgan fingerprint density at radius 2 is 1.71 bits per heavy atom. The lowest BCUT2D eigenvalue weighted by Crippen LogP contribution is -2.00. The fourth-order valence-electron chi connectivity index (χ4n) is 1.74. The minimum absolute atomic E-state index is 0.455. The van der Waals surface area contributed by atoms with E-state index in [4.69, 9.17) is 14.2 Å². The summed E-state index contributed by atoms with van der Waals surface area (Å²) < 4.78 is 15.7. The summed E-state index contributed by atoms with van der Waals surface area (Å²) in [5.74, 6) is 1.47. The third-order valence-electron chi connectivity index (χ3n) is 2.49. The monoisotopic (exact) mass is 238 g/mol. The molecule has 0 aliphatic heterocycles. The lowest BCUT2D eigenvalue weighted by Gasteiger charge is -2.14. The first-order valence-electron chi connectivity index (χ1n) is 5.43. The van der Waals surface area contributed by atoms with E-state index in [-0.39, 0.29) is 0 Å². The summed E-state index contributed by atoms with van der Waals surface area (Å²) in [6, 6.07) is 3.82. The molecule has 1 rings (SSSR count).